The van der Waals surface area contributed by atoms with Gasteiger partial charge in [-0.25, -0.2) is 0 Å². The smallest absolute Gasteiger partial charge is 0.232 e. The molecular formula is C15H22N2O3. The van der Waals surface area contributed by atoms with Crippen LogP contribution in [0.25, 0.3) is 0 Å². The number of para-hydroxylation sites is 1. The molecule has 4 N–H and O–H groups in total. The number of rotatable bonds is 4. The van der Waals surface area contributed by atoms with E-state index in [0.29, 0.717) is 43.9 Å². The molecule has 1 aromatic rings. The summed E-state index contributed by atoms with van der Waals surface area (Å²) in [6.07, 6.45) is 0.633. The zero-order chi connectivity index (χ0) is 14.6. The molecule has 5 heteroatoms. The summed E-state index contributed by atoms with van der Waals surface area (Å²) < 4.78 is 5.31. The molecule has 0 saturated carbocycles. The first-order valence-corrected chi connectivity index (χ1v) is 6.95. The highest BCUT2D eigenvalue weighted by molar-refractivity contribution is 5.96. The molecule has 0 bridgehead atoms. The maximum absolute atomic E-state index is 12.6. The Kier molecular flexibility index (Phi) is 4.75. The predicted octanol–water partition coefficient (Wildman–Crippen LogP) is 1.43. The van der Waals surface area contributed by atoms with E-state index in [1.54, 1.807) is 19.1 Å². The van der Waals surface area contributed by atoms with Gasteiger partial charge in [0.05, 0.1) is 11.5 Å². The van der Waals surface area contributed by atoms with Crippen molar-refractivity contribution in [2.24, 2.45) is 11.1 Å². The predicted molar refractivity (Wildman–Crippen MR) is 77.2 cm³/mol. The molecule has 1 heterocycles. The molecule has 1 amide bonds. The van der Waals surface area contributed by atoms with Gasteiger partial charge in [0, 0.05) is 31.0 Å². The summed E-state index contributed by atoms with van der Waals surface area (Å²) in [6.45, 7) is 3.10. The second kappa shape index (κ2) is 6.35. The van der Waals surface area contributed by atoms with Crippen LogP contribution >= 0.6 is 0 Å². The minimum Gasteiger partial charge on any atom is -0.389 e. The first-order valence-electron chi connectivity index (χ1n) is 6.95. The van der Waals surface area contributed by atoms with Gasteiger partial charge in [-0.3, -0.25) is 4.79 Å². The Bertz CT molecular complexity index is 468. The third-order valence-electron chi connectivity index (χ3n) is 3.98. The minimum atomic E-state index is -0.630. The molecule has 110 valence electrons. The molecule has 5 nitrogen and oxygen atoms in total. The van der Waals surface area contributed by atoms with E-state index in [-0.39, 0.29) is 5.91 Å². The summed E-state index contributed by atoms with van der Waals surface area (Å²) in [4.78, 5) is 12.6. The number of ether oxygens (including phenoxy) is 1. The van der Waals surface area contributed by atoms with Crippen molar-refractivity contribution in [1.29, 1.82) is 0 Å². The molecule has 1 atom stereocenters. The van der Waals surface area contributed by atoms with Crippen molar-refractivity contribution in [3.63, 3.8) is 0 Å². The SMILES string of the molecule is CC(O)c1ccccc1NC(=O)C1(CN)CCOCC1. The van der Waals surface area contributed by atoms with E-state index in [2.05, 4.69) is 5.32 Å². The van der Waals surface area contributed by atoms with Gasteiger partial charge >= 0.3 is 0 Å². The van der Waals surface area contributed by atoms with Crippen LogP contribution in [0.15, 0.2) is 24.3 Å². The maximum Gasteiger partial charge on any atom is 0.232 e. The molecule has 1 fully saturated rings. The third kappa shape index (κ3) is 3.00. The average Bonchev–Trinajstić information content (AvgIpc) is 2.48. The van der Waals surface area contributed by atoms with Crippen LogP contribution in [0.4, 0.5) is 5.69 Å². The van der Waals surface area contributed by atoms with Crippen molar-refractivity contribution in [2.45, 2.75) is 25.9 Å². The summed E-state index contributed by atoms with van der Waals surface area (Å²) in [6, 6.07) is 7.27. The lowest BCUT2D eigenvalue weighted by molar-refractivity contribution is -0.130. The van der Waals surface area contributed by atoms with Gasteiger partial charge in [-0.05, 0) is 25.8 Å². The Hall–Kier alpha value is -1.43. The summed E-state index contributed by atoms with van der Waals surface area (Å²) in [5.41, 5.74) is 6.61. The highest BCUT2D eigenvalue weighted by Gasteiger charge is 2.39. The molecule has 0 spiro atoms. The second-order valence-corrected chi connectivity index (χ2v) is 5.31. The molecule has 0 radical (unpaired) electrons. The quantitative estimate of drug-likeness (QED) is 0.778. The summed E-state index contributed by atoms with van der Waals surface area (Å²) in [5.74, 6) is -0.0867. The second-order valence-electron chi connectivity index (χ2n) is 5.31. The molecule has 0 aliphatic carbocycles. The number of nitrogens with one attached hydrogen (secondary N) is 1. The zero-order valence-electron chi connectivity index (χ0n) is 11.8. The number of benzene rings is 1. The molecule has 2 rings (SSSR count). The van der Waals surface area contributed by atoms with E-state index < -0.39 is 11.5 Å². The van der Waals surface area contributed by atoms with E-state index in [9.17, 15) is 9.90 Å². The molecular weight excluding hydrogens is 256 g/mol. The van der Waals surface area contributed by atoms with Crippen molar-refractivity contribution >= 4 is 11.6 Å². The first kappa shape index (κ1) is 15.0. The first-order chi connectivity index (χ1) is 9.59. The standard InChI is InChI=1S/C15H22N2O3/c1-11(18)12-4-2-3-5-13(12)17-14(19)15(10-16)6-8-20-9-7-15/h2-5,11,18H,6-10,16H2,1H3,(H,17,19). The van der Waals surface area contributed by atoms with Gasteiger partial charge in [0.25, 0.3) is 0 Å². The van der Waals surface area contributed by atoms with Gasteiger partial charge in [0.15, 0.2) is 0 Å². The number of aliphatic hydroxyl groups excluding tert-OH is 1. The van der Waals surface area contributed by atoms with Crippen LogP contribution in [0, 0.1) is 5.41 Å². The van der Waals surface area contributed by atoms with Crippen molar-refractivity contribution in [3.05, 3.63) is 29.8 Å². The fraction of sp³-hybridized carbons (Fsp3) is 0.533. The molecule has 0 aromatic heterocycles. The Morgan fingerprint density at radius 3 is 2.70 bits per heavy atom. The fourth-order valence-corrected chi connectivity index (χ4v) is 2.52. The van der Waals surface area contributed by atoms with Crippen LogP contribution in [-0.4, -0.2) is 30.8 Å². The Morgan fingerprint density at radius 1 is 1.45 bits per heavy atom. The van der Waals surface area contributed by atoms with Gasteiger partial charge < -0.3 is 20.9 Å². The van der Waals surface area contributed by atoms with Crippen molar-refractivity contribution in [1.82, 2.24) is 0 Å². The molecule has 1 unspecified atom stereocenters. The normalized spacial score (nSPS) is 19.4. The third-order valence-corrected chi connectivity index (χ3v) is 3.98. The monoisotopic (exact) mass is 278 g/mol. The summed E-state index contributed by atoms with van der Waals surface area (Å²) in [5, 5.41) is 12.7. The van der Waals surface area contributed by atoms with Gasteiger partial charge in [-0.15, -0.1) is 0 Å². The highest BCUT2D eigenvalue weighted by atomic mass is 16.5. The number of carbonyl (C=O) groups excluding carboxylic acids is 1. The topological polar surface area (TPSA) is 84.6 Å². The Morgan fingerprint density at radius 2 is 2.10 bits per heavy atom. The molecule has 20 heavy (non-hydrogen) atoms. The molecule has 1 aromatic carbocycles. The maximum atomic E-state index is 12.6. The van der Waals surface area contributed by atoms with E-state index in [0.717, 1.165) is 0 Å². The van der Waals surface area contributed by atoms with Crippen molar-refractivity contribution in [3.8, 4) is 0 Å². The van der Waals surface area contributed by atoms with E-state index >= 15 is 0 Å². The van der Waals surface area contributed by atoms with Crippen LogP contribution in [0.1, 0.15) is 31.4 Å². The Labute approximate surface area is 119 Å². The van der Waals surface area contributed by atoms with Crippen molar-refractivity contribution in [2.75, 3.05) is 25.1 Å². The number of hydrogen-bond acceptors (Lipinski definition) is 4. The lowest BCUT2D eigenvalue weighted by atomic mass is 9.79. The van der Waals surface area contributed by atoms with Gasteiger partial charge in [0.2, 0.25) is 5.91 Å². The van der Waals surface area contributed by atoms with Crippen LogP contribution in [0.2, 0.25) is 0 Å². The van der Waals surface area contributed by atoms with E-state index in [4.69, 9.17) is 10.5 Å². The zero-order valence-corrected chi connectivity index (χ0v) is 11.8. The Balaban J connectivity index is 2.18. The van der Waals surface area contributed by atoms with Gasteiger partial charge in [-0.1, -0.05) is 18.2 Å². The van der Waals surface area contributed by atoms with Crippen LogP contribution < -0.4 is 11.1 Å². The van der Waals surface area contributed by atoms with E-state index in [1.165, 1.54) is 0 Å². The number of amides is 1. The largest absolute Gasteiger partial charge is 0.389 e. The fourth-order valence-electron chi connectivity index (χ4n) is 2.52. The van der Waals surface area contributed by atoms with Crippen LogP contribution in [0.5, 0.6) is 0 Å². The highest BCUT2D eigenvalue weighted by Crippen LogP contribution is 2.32. The number of carbonyl (C=O) groups is 1. The minimum absolute atomic E-state index is 0.0867. The van der Waals surface area contributed by atoms with Crippen LogP contribution in [0.3, 0.4) is 0 Å². The van der Waals surface area contributed by atoms with Gasteiger partial charge in [0.1, 0.15) is 0 Å². The number of aliphatic hydroxyl groups is 1. The average molecular weight is 278 g/mol. The summed E-state index contributed by atoms with van der Waals surface area (Å²) in [7, 11) is 0. The van der Waals surface area contributed by atoms with Crippen molar-refractivity contribution < 1.29 is 14.6 Å². The van der Waals surface area contributed by atoms with Gasteiger partial charge in [-0.2, -0.15) is 0 Å². The van der Waals surface area contributed by atoms with E-state index in [1.807, 2.05) is 12.1 Å². The lowest BCUT2D eigenvalue weighted by Gasteiger charge is -2.34. The molecule has 1 aliphatic rings. The summed E-state index contributed by atoms with van der Waals surface area (Å²) >= 11 is 0. The number of nitrogens with two attached hydrogens (primary N) is 1. The lowest BCUT2D eigenvalue weighted by Crippen LogP contribution is -2.46. The number of anilines is 1. The molecule has 1 saturated heterocycles. The van der Waals surface area contributed by atoms with Crippen LogP contribution in [-0.2, 0) is 9.53 Å². The number of hydrogen-bond donors (Lipinski definition) is 3. The molecule has 1 aliphatic heterocycles.